The molecule has 2 fully saturated rings. The highest BCUT2D eigenvalue weighted by Gasteiger charge is 2.50. The highest BCUT2D eigenvalue weighted by molar-refractivity contribution is 7.99. The van der Waals surface area contributed by atoms with Crippen LogP contribution in [0.3, 0.4) is 0 Å². The van der Waals surface area contributed by atoms with E-state index in [1.807, 2.05) is 45.0 Å². The second kappa shape index (κ2) is 12.1. The third-order valence-electron chi connectivity index (χ3n) is 7.28. The summed E-state index contributed by atoms with van der Waals surface area (Å²) in [5.41, 5.74) is 0.699. The molecule has 10 atom stereocenters. The summed E-state index contributed by atoms with van der Waals surface area (Å²) in [4.78, 5) is 25.1. The van der Waals surface area contributed by atoms with Gasteiger partial charge < -0.3 is 23.7 Å². The summed E-state index contributed by atoms with van der Waals surface area (Å²) in [5.74, 6) is -0.633. The highest BCUT2D eigenvalue weighted by atomic mass is 32.2. The molecular formula is C27H40O7S. The van der Waals surface area contributed by atoms with Gasteiger partial charge in [0.05, 0.1) is 12.2 Å². The van der Waals surface area contributed by atoms with Crippen molar-refractivity contribution in [1.82, 2.24) is 0 Å². The number of rotatable bonds is 7. The van der Waals surface area contributed by atoms with E-state index in [2.05, 4.69) is 20.8 Å². The molecule has 4 unspecified atom stereocenters. The SMILES string of the molecule is CCC1O[C@@H](O[C@@H]2C(OC(C)=O)[C@H](Sc3ccc(C)cc3)OC(C)[C@@H]2C)C(OC(C)=O)[C@@H](C)[C@@H]1C. The fourth-order valence-corrected chi connectivity index (χ4v) is 5.98. The maximum atomic E-state index is 12.1. The van der Waals surface area contributed by atoms with Crippen LogP contribution in [0.5, 0.6) is 0 Å². The van der Waals surface area contributed by atoms with Gasteiger partial charge in [-0.25, -0.2) is 0 Å². The van der Waals surface area contributed by atoms with Gasteiger partial charge in [-0.15, -0.1) is 0 Å². The van der Waals surface area contributed by atoms with E-state index in [-0.39, 0.29) is 35.9 Å². The van der Waals surface area contributed by atoms with Crippen LogP contribution in [0.2, 0.25) is 0 Å². The van der Waals surface area contributed by atoms with Crippen molar-refractivity contribution in [2.75, 3.05) is 0 Å². The van der Waals surface area contributed by atoms with Gasteiger partial charge in [-0.1, -0.05) is 57.2 Å². The van der Waals surface area contributed by atoms with Gasteiger partial charge in [0, 0.05) is 30.6 Å². The topological polar surface area (TPSA) is 80.3 Å². The maximum absolute atomic E-state index is 12.1. The Balaban J connectivity index is 1.90. The van der Waals surface area contributed by atoms with Crippen LogP contribution < -0.4 is 0 Å². The van der Waals surface area contributed by atoms with Gasteiger partial charge in [0.2, 0.25) is 0 Å². The molecule has 7 nitrogen and oxygen atoms in total. The molecule has 0 radical (unpaired) electrons. The van der Waals surface area contributed by atoms with Gasteiger partial charge in [0.25, 0.3) is 0 Å². The lowest BCUT2D eigenvalue weighted by Crippen LogP contribution is -2.59. The Morgan fingerprint density at radius 2 is 1.46 bits per heavy atom. The van der Waals surface area contributed by atoms with Crippen molar-refractivity contribution in [1.29, 1.82) is 0 Å². The smallest absolute Gasteiger partial charge is 0.303 e. The monoisotopic (exact) mass is 508 g/mol. The molecule has 0 bridgehead atoms. The molecule has 1 aromatic rings. The summed E-state index contributed by atoms with van der Waals surface area (Å²) in [6.45, 7) is 15.1. The molecule has 196 valence electrons. The van der Waals surface area contributed by atoms with Crippen molar-refractivity contribution in [3.63, 3.8) is 0 Å². The summed E-state index contributed by atoms with van der Waals surface area (Å²) in [7, 11) is 0. The van der Waals surface area contributed by atoms with Gasteiger partial charge in [-0.3, -0.25) is 9.59 Å². The number of carbonyl (C=O) groups excluding carboxylic acids is 2. The van der Waals surface area contributed by atoms with E-state index >= 15 is 0 Å². The highest BCUT2D eigenvalue weighted by Crippen LogP contribution is 2.41. The Hall–Kier alpha value is -1.61. The molecule has 0 amide bonds. The van der Waals surface area contributed by atoms with Crippen LogP contribution in [0.1, 0.15) is 60.5 Å². The fraction of sp³-hybridized carbons (Fsp3) is 0.704. The van der Waals surface area contributed by atoms with Gasteiger partial charge in [0.15, 0.2) is 18.5 Å². The van der Waals surface area contributed by atoms with E-state index in [0.717, 1.165) is 11.3 Å². The first-order valence-electron chi connectivity index (χ1n) is 12.6. The molecule has 2 saturated heterocycles. The molecule has 1 aromatic carbocycles. The lowest BCUT2D eigenvalue weighted by molar-refractivity contribution is -0.314. The molecule has 35 heavy (non-hydrogen) atoms. The molecule has 0 spiro atoms. The largest absolute Gasteiger partial charge is 0.457 e. The van der Waals surface area contributed by atoms with Gasteiger partial charge >= 0.3 is 11.9 Å². The Morgan fingerprint density at radius 1 is 0.857 bits per heavy atom. The minimum Gasteiger partial charge on any atom is -0.457 e. The van der Waals surface area contributed by atoms with E-state index in [4.69, 9.17) is 23.7 Å². The molecule has 0 aromatic heterocycles. The third kappa shape index (κ3) is 6.79. The van der Waals surface area contributed by atoms with Crippen molar-refractivity contribution in [2.45, 2.75) is 109 Å². The number of aryl methyl sites for hydroxylation is 1. The lowest BCUT2D eigenvalue weighted by atomic mass is 9.82. The predicted octanol–water partition coefficient (Wildman–Crippen LogP) is 5.12. The first kappa shape index (κ1) is 28.0. The molecule has 0 N–H and O–H groups in total. The summed E-state index contributed by atoms with van der Waals surface area (Å²) < 4.78 is 30.8. The Bertz CT molecular complexity index is 860. The van der Waals surface area contributed by atoms with E-state index in [1.165, 1.54) is 31.2 Å². The van der Waals surface area contributed by atoms with Crippen molar-refractivity contribution in [3.05, 3.63) is 29.8 Å². The van der Waals surface area contributed by atoms with Crippen LogP contribution in [-0.4, -0.2) is 54.2 Å². The molecule has 0 aliphatic carbocycles. The normalized spacial score (nSPS) is 37.5. The molecular weight excluding hydrogens is 468 g/mol. The molecule has 0 saturated carbocycles. The second-order valence-corrected chi connectivity index (χ2v) is 11.1. The minimum atomic E-state index is -0.768. The number of benzene rings is 1. The molecule has 2 aliphatic rings. The predicted molar refractivity (Wildman–Crippen MR) is 134 cm³/mol. The van der Waals surface area contributed by atoms with E-state index in [1.54, 1.807) is 0 Å². The average molecular weight is 509 g/mol. The van der Waals surface area contributed by atoms with Gasteiger partial charge in [-0.05, 0) is 38.3 Å². The number of ether oxygens (including phenoxy) is 5. The Labute approximate surface area is 213 Å². The number of esters is 2. The van der Waals surface area contributed by atoms with Crippen molar-refractivity contribution in [3.8, 4) is 0 Å². The molecule has 8 heteroatoms. The zero-order chi connectivity index (χ0) is 25.9. The van der Waals surface area contributed by atoms with Crippen LogP contribution in [0, 0.1) is 24.7 Å². The number of thioether (sulfide) groups is 1. The lowest BCUT2D eigenvalue weighted by Gasteiger charge is -2.48. The maximum Gasteiger partial charge on any atom is 0.303 e. The Kier molecular flexibility index (Phi) is 9.66. The standard InChI is InChI=1S/C27H40O7S/c1-9-22-15(3)16(4)24(31-19(7)28)26(33-22)34-23-17(5)18(6)30-27(25(23)32-20(8)29)35-21-12-10-14(2)11-13-21/h10-13,15-18,22-27H,9H2,1-8H3/t15-,16-,17-,18?,22?,23-,24?,25?,26-,27-/m0/s1. The van der Waals surface area contributed by atoms with Crippen LogP contribution in [-0.2, 0) is 33.3 Å². The zero-order valence-electron chi connectivity index (χ0n) is 22.1. The average Bonchev–Trinajstić information content (AvgIpc) is 2.79. The number of hydrogen-bond acceptors (Lipinski definition) is 8. The van der Waals surface area contributed by atoms with Crippen LogP contribution in [0.4, 0.5) is 0 Å². The van der Waals surface area contributed by atoms with Crippen molar-refractivity contribution >= 4 is 23.7 Å². The summed E-state index contributed by atoms with van der Waals surface area (Å²) in [5, 5.41) is 0. The van der Waals surface area contributed by atoms with E-state index < -0.39 is 36.0 Å². The molecule has 2 aliphatic heterocycles. The first-order valence-corrected chi connectivity index (χ1v) is 13.4. The van der Waals surface area contributed by atoms with E-state index in [0.29, 0.717) is 0 Å². The quantitative estimate of drug-likeness (QED) is 0.469. The fourth-order valence-electron chi connectivity index (χ4n) is 4.84. The summed E-state index contributed by atoms with van der Waals surface area (Å²) in [6, 6.07) is 8.14. The second-order valence-electron chi connectivity index (χ2n) is 9.92. The first-order chi connectivity index (χ1) is 16.5. The molecule has 3 rings (SSSR count). The molecule has 2 heterocycles. The van der Waals surface area contributed by atoms with Crippen LogP contribution in [0.15, 0.2) is 29.2 Å². The van der Waals surface area contributed by atoms with Gasteiger partial charge in [0.1, 0.15) is 11.5 Å². The minimum absolute atomic E-state index is 0.0284. The third-order valence-corrected chi connectivity index (χ3v) is 8.44. The number of hydrogen-bond donors (Lipinski definition) is 0. The zero-order valence-corrected chi connectivity index (χ0v) is 22.9. The Morgan fingerprint density at radius 3 is 2.03 bits per heavy atom. The van der Waals surface area contributed by atoms with Crippen molar-refractivity contribution in [2.24, 2.45) is 17.8 Å². The summed E-state index contributed by atoms with van der Waals surface area (Å²) >= 11 is 1.51. The van der Waals surface area contributed by atoms with Crippen LogP contribution >= 0.6 is 11.8 Å². The number of carbonyl (C=O) groups is 2. The van der Waals surface area contributed by atoms with Crippen LogP contribution in [0.25, 0.3) is 0 Å². The van der Waals surface area contributed by atoms with Crippen molar-refractivity contribution < 1.29 is 33.3 Å². The van der Waals surface area contributed by atoms with Gasteiger partial charge in [-0.2, -0.15) is 0 Å². The summed E-state index contributed by atoms with van der Waals surface area (Å²) in [6.07, 6.45) is -1.86. The van der Waals surface area contributed by atoms with E-state index in [9.17, 15) is 9.59 Å².